The van der Waals surface area contributed by atoms with E-state index in [2.05, 4.69) is 63.0 Å². The number of hydrogen-bond acceptors (Lipinski definition) is 2. The summed E-state index contributed by atoms with van der Waals surface area (Å²) in [5, 5.41) is 7.75. The summed E-state index contributed by atoms with van der Waals surface area (Å²) in [7, 11) is 0. The van der Waals surface area contributed by atoms with Crippen LogP contribution in [0.25, 0.3) is 6.08 Å². The third kappa shape index (κ3) is 5.96. The molecule has 1 heterocycles. The summed E-state index contributed by atoms with van der Waals surface area (Å²) in [5.41, 5.74) is 3.83. The van der Waals surface area contributed by atoms with Gasteiger partial charge < -0.3 is 10.6 Å². The fourth-order valence-corrected chi connectivity index (χ4v) is 3.95. The maximum atomic E-state index is 5.98. The van der Waals surface area contributed by atoms with Crippen molar-refractivity contribution in [2.75, 3.05) is 19.6 Å². The Hall–Kier alpha value is -1.13. The highest BCUT2D eigenvalue weighted by atomic mass is 79.9. The molecule has 1 saturated heterocycles. The molecule has 1 fully saturated rings. The van der Waals surface area contributed by atoms with Crippen LogP contribution in [-0.2, 0) is 13.0 Å². The van der Waals surface area contributed by atoms with Crippen molar-refractivity contribution < 1.29 is 0 Å². The molecule has 2 aromatic carbocycles. The summed E-state index contributed by atoms with van der Waals surface area (Å²) < 4.78 is 1.02. The van der Waals surface area contributed by atoms with Crippen LogP contribution < -0.4 is 10.6 Å². The number of rotatable bonds is 7. The molecule has 25 heavy (non-hydrogen) atoms. The minimum absolute atomic E-state index is 0.748. The molecule has 1 aliphatic rings. The SMILES string of the molecule is Clc1ccc(C=CCc2cccc(CNCC3CCNC3)c2)c(Br)c1. The molecule has 3 rings (SSSR count). The topological polar surface area (TPSA) is 24.1 Å². The van der Waals surface area contributed by atoms with Gasteiger partial charge in [0, 0.05) is 16.0 Å². The summed E-state index contributed by atoms with van der Waals surface area (Å²) in [6.07, 6.45) is 6.55. The van der Waals surface area contributed by atoms with Crippen molar-refractivity contribution in [1.29, 1.82) is 0 Å². The summed E-state index contributed by atoms with van der Waals surface area (Å²) in [6.45, 7) is 4.36. The number of allylic oxidation sites excluding steroid dienone is 1. The van der Waals surface area contributed by atoms with Gasteiger partial charge in [0.25, 0.3) is 0 Å². The third-order valence-electron chi connectivity index (χ3n) is 4.53. The summed E-state index contributed by atoms with van der Waals surface area (Å²) in [5.74, 6) is 0.781. The first-order chi connectivity index (χ1) is 12.2. The van der Waals surface area contributed by atoms with Crippen molar-refractivity contribution in [1.82, 2.24) is 10.6 Å². The van der Waals surface area contributed by atoms with Crippen molar-refractivity contribution in [2.45, 2.75) is 19.4 Å². The van der Waals surface area contributed by atoms with Crippen molar-refractivity contribution in [3.8, 4) is 0 Å². The molecule has 0 radical (unpaired) electrons. The molecule has 4 heteroatoms. The van der Waals surface area contributed by atoms with Crippen LogP contribution in [0.4, 0.5) is 0 Å². The van der Waals surface area contributed by atoms with Gasteiger partial charge in [-0.25, -0.2) is 0 Å². The van der Waals surface area contributed by atoms with Crippen molar-refractivity contribution in [2.24, 2.45) is 5.92 Å². The predicted octanol–water partition coefficient (Wildman–Crippen LogP) is 5.06. The van der Waals surface area contributed by atoms with E-state index in [1.165, 1.54) is 17.5 Å². The van der Waals surface area contributed by atoms with E-state index in [9.17, 15) is 0 Å². The van der Waals surface area contributed by atoms with Crippen LogP contribution in [-0.4, -0.2) is 19.6 Å². The first kappa shape index (κ1) is 18.7. The lowest BCUT2D eigenvalue weighted by molar-refractivity contribution is 0.512. The monoisotopic (exact) mass is 418 g/mol. The summed E-state index contributed by atoms with van der Waals surface area (Å²) in [6, 6.07) is 14.7. The number of hydrogen-bond donors (Lipinski definition) is 2. The Labute approximate surface area is 163 Å². The zero-order valence-electron chi connectivity index (χ0n) is 14.3. The highest BCUT2D eigenvalue weighted by Crippen LogP contribution is 2.22. The molecular weight excluding hydrogens is 396 g/mol. The molecule has 0 saturated carbocycles. The molecule has 0 aromatic heterocycles. The molecule has 1 aliphatic heterocycles. The van der Waals surface area contributed by atoms with E-state index in [-0.39, 0.29) is 0 Å². The Balaban J connectivity index is 1.51. The second-order valence-corrected chi connectivity index (χ2v) is 7.87. The third-order valence-corrected chi connectivity index (χ3v) is 5.45. The molecule has 0 amide bonds. The second-order valence-electron chi connectivity index (χ2n) is 6.58. The maximum Gasteiger partial charge on any atom is 0.0417 e. The Morgan fingerprint density at radius 1 is 1.20 bits per heavy atom. The van der Waals surface area contributed by atoms with Gasteiger partial charge in [0.05, 0.1) is 0 Å². The minimum atomic E-state index is 0.748. The van der Waals surface area contributed by atoms with E-state index in [4.69, 9.17) is 11.6 Å². The zero-order chi connectivity index (χ0) is 17.5. The first-order valence-corrected chi connectivity index (χ1v) is 9.98. The van der Waals surface area contributed by atoms with E-state index >= 15 is 0 Å². The Bertz CT molecular complexity index is 724. The van der Waals surface area contributed by atoms with E-state index in [0.29, 0.717) is 0 Å². The van der Waals surface area contributed by atoms with Gasteiger partial charge in [-0.05, 0) is 67.2 Å². The molecule has 1 unspecified atom stereocenters. The van der Waals surface area contributed by atoms with Crippen LogP contribution in [0.2, 0.25) is 5.02 Å². The molecular formula is C21H24BrClN2. The lowest BCUT2D eigenvalue weighted by atomic mass is 10.1. The van der Waals surface area contributed by atoms with Gasteiger partial charge in [0.2, 0.25) is 0 Å². The van der Waals surface area contributed by atoms with E-state index in [1.54, 1.807) is 0 Å². The lowest BCUT2D eigenvalue weighted by Gasteiger charge is -2.10. The highest BCUT2D eigenvalue weighted by molar-refractivity contribution is 9.10. The number of benzene rings is 2. The van der Waals surface area contributed by atoms with Crippen LogP contribution in [0.15, 0.2) is 53.0 Å². The first-order valence-electron chi connectivity index (χ1n) is 8.81. The average Bonchev–Trinajstić information content (AvgIpc) is 3.11. The molecule has 2 aromatic rings. The van der Waals surface area contributed by atoms with Crippen LogP contribution in [0.5, 0.6) is 0 Å². The normalized spacial score (nSPS) is 17.4. The van der Waals surface area contributed by atoms with Crippen molar-refractivity contribution >= 4 is 33.6 Å². The van der Waals surface area contributed by atoms with Gasteiger partial charge in [0.15, 0.2) is 0 Å². The lowest BCUT2D eigenvalue weighted by Crippen LogP contribution is -2.24. The zero-order valence-corrected chi connectivity index (χ0v) is 16.6. The van der Waals surface area contributed by atoms with Crippen molar-refractivity contribution in [3.63, 3.8) is 0 Å². The van der Waals surface area contributed by atoms with Gasteiger partial charge in [-0.3, -0.25) is 0 Å². The Morgan fingerprint density at radius 2 is 2.08 bits per heavy atom. The quantitative estimate of drug-likeness (QED) is 0.655. The van der Waals surface area contributed by atoms with Gasteiger partial charge in [-0.2, -0.15) is 0 Å². The van der Waals surface area contributed by atoms with Gasteiger partial charge >= 0.3 is 0 Å². The van der Waals surface area contributed by atoms with Gasteiger partial charge in [-0.15, -0.1) is 0 Å². The molecule has 2 nitrogen and oxygen atoms in total. The summed E-state index contributed by atoms with van der Waals surface area (Å²) in [4.78, 5) is 0. The van der Waals surface area contributed by atoms with Gasteiger partial charge in [-0.1, -0.05) is 70.0 Å². The fraction of sp³-hybridized carbons (Fsp3) is 0.333. The van der Waals surface area contributed by atoms with E-state index < -0.39 is 0 Å². The smallest absolute Gasteiger partial charge is 0.0417 e. The van der Waals surface area contributed by atoms with Crippen LogP contribution >= 0.6 is 27.5 Å². The van der Waals surface area contributed by atoms with Gasteiger partial charge in [0.1, 0.15) is 0 Å². The molecule has 132 valence electrons. The number of halogens is 2. The highest BCUT2D eigenvalue weighted by Gasteiger charge is 2.13. The van der Waals surface area contributed by atoms with Crippen molar-refractivity contribution in [3.05, 3.63) is 74.7 Å². The molecule has 0 spiro atoms. The van der Waals surface area contributed by atoms with Crippen LogP contribution in [0, 0.1) is 5.92 Å². The standard InChI is InChI=1S/C21H24BrClN2/c22-21-12-20(23)8-7-19(21)6-2-4-16-3-1-5-17(11-16)13-25-15-18-9-10-24-14-18/h1-3,5-8,11-12,18,24-25H,4,9-10,13-15H2. The molecule has 2 N–H and O–H groups in total. The predicted molar refractivity (Wildman–Crippen MR) is 111 cm³/mol. The number of nitrogens with one attached hydrogen (secondary N) is 2. The maximum absolute atomic E-state index is 5.98. The summed E-state index contributed by atoms with van der Waals surface area (Å²) >= 11 is 9.54. The van der Waals surface area contributed by atoms with E-state index in [1.807, 2.05) is 18.2 Å². The van der Waals surface area contributed by atoms with Crippen LogP contribution in [0.3, 0.4) is 0 Å². The molecule has 1 atom stereocenters. The Morgan fingerprint density at radius 3 is 2.88 bits per heavy atom. The second kappa shape index (κ2) is 9.54. The largest absolute Gasteiger partial charge is 0.316 e. The molecule has 0 bridgehead atoms. The minimum Gasteiger partial charge on any atom is -0.316 e. The average molecular weight is 420 g/mol. The molecule has 0 aliphatic carbocycles. The fourth-order valence-electron chi connectivity index (χ4n) is 3.13. The van der Waals surface area contributed by atoms with Crippen LogP contribution in [0.1, 0.15) is 23.1 Å². The Kier molecular flexibility index (Phi) is 7.12. The van der Waals surface area contributed by atoms with E-state index in [0.717, 1.165) is 53.6 Å².